The van der Waals surface area contributed by atoms with Gasteiger partial charge in [-0.05, 0) is 38.7 Å². The Hall–Kier alpha value is -1.45. The van der Waals surface area contributed by atoms with E-state index in [0.717, 1.165) is 37.1 Å². The van der Waals surface area contributed by atoms with E-state index in [1.54, 1.807) is 6.33 Å². The molecule has 1 aliphatic rings. The number of aryl methyl sites for hydroxylation is 1. The van der Waals surface area contributed by atoms with Gasteiger partial charge in [0.05, 0.1) is 5.92 Å². The Bertz CT molecular complexity index is 384. The average molecular weight is 220 g/mol. The number of hydrogen-bond acceptors (Lipinski definition) is 3. The van der Waals surface area contributed by atoms with E-state index < -0.39 is 5.97 Å². The molecule has 1 N–H and O–H groups in total. The van der Waals surface area contributed by atoms with Gasteiger partial charge in [0, 0.05) is 17.3 Å². The molecule has 0 bridgehead atoms. The molecule has 1 aromatic heterocycles. The first-order valence-electron chi connectivity index (χ1n) is 5.68. The van der Waals surface area contributed by atoms with Crippen molar-refractivity contribution in [1.29, 1.82) is 0 Å². The van der Waals surface area contributed by atoms with E-state index >= 15 is 0 Å². The van der Waals surface area contributed by atoms with Gasteiger partial charge in [0.25, 0.3) is 0 Å². The smallest absolute Gasteiger partial charge is 0.306 e. The van der Waals surface area contributed by atoms with Gasteiger partial charge in [0.1, 0.15) is 6.33 Å². The Morgan fingerprint density at radius 2 is 2.00 bits per heavy atom. The highest BCUT2D eigenvalue weighted by Crippen LogP contribution is 2.34. The van der Waals surface area contributed by atoms with E-state index in [1.807, 2.05) is 13.0 Å². The molecule has 4 heteroatoms. The minimum atomic E-state index is -0.655. The minimum absolute atomic E-state index is 0.154. The first-order chi connectivity index (χ1) is 7.66. The van der Waals surface area contributed by atoms with Gasteiger partial charge >= 0.3 is 5.97 Å². The fourth-order valence-corrected chi connectivity index (χ4v) is 2.33. The zero-order valence-electron chi connectivity index (χ0n) is 9.39. The van der Waals surface area contributed by atoms with Crippen molar-refractivity contribution in [2.75, 3.05) is 0 Å². The van der Waals surface area contributed by atoms with Crippen LogP contribution in [0.2, 0.25) is 0 Å². The van der Waals surface area contributed by atoms with E-state index in [4.69, 9.17) is 5.11 Å². The van der Waals surface area contributed by atoms with Crippen molar-refractivity contribution in [2.45, 2.75) is 38.5 Å². The Morgan fingerprint density at radius 1 is 1.31 bits per heavy atom. The summed E-state index contributed by atoms with van der Waals surface area (Å²) in [4.78, 5) is 19.2. The highest BCUT2D eigenvalue weighted by atomic mass is 16.4. The maximum absolute atomic E-state index is 10.8. The summed E-state index contributed by atoms with van der Waals surface area (Å²) in [6.45, 7) is 1.95. The molecule has 86 valence electrons. The van der Waals surface area contributed by atoms with Crippen LogP contribution in [-0.2, 0) is 4.79 Å². The number of aliphatic carboxylic acids is 1. The predicted molar refractivity (Wildman–Crippen MR) is 59.1 cm³/mol. The average Bonchev–Trinajstić information content (AvgIpc) is 2.29. The summed E-state index contributed by atoms with van der Waals surface area (Å²) in [5.41, 5.74) is 2.04. The second kappa shape index (κ2) is 4.60. The molecule has 0 unspecified atom stereocenters. The number of hydrogen-bond donors (Lipinski definition) is 1. The molecule has 0 aliphatic heterocycles. The molecule has 0 amide bonds. The maximum atomic E-state index is 10.8. The molecule has 1 heterocycles. The lowest BCUT2D eigenvalue weighted by atomic mass is 9.80. The van der Waals surface area contributed by atoms with Crippen LogP contribution in [0.15, 0.2) is 12.4 Å². The highest BCUT2D eigenvalue weighted by Gasteiger charge is 2.27. The largest absolute Gasteiger partial charge is 0.481 e. The molecule has 16 heavy (non-hydrogen) atoms. The molecule has 1 aliphatic carbocycles. The van der Waals surface area contributed by atoms with Crippen LogP contribution in [0.3, 0.4) is 0 Å². The van der Waals surface area contributed by atoms with Crippen LogP contribution >= 0.6 is 0 Å². The summed E-state index contributed by atoms with van der Waals surface area (Å²) in [5.74, 6) is -0.395. The SMILES string of the molecule is Cc1cc(C2CCC(C(=O)O)CC2)ncn1. The molecule has 0 spiro atoms. The van der Waals surface area contributed by atoms with Crippen LogP contribution in [0.5, 0.6) is 0 Å². The van der Waals surface area contributed by atoms with Crippen molar-refractivity contribution in [2.24, 2.45) is 5.92 Å². The molecule has 1 saturated carbocycles. The number of carboxylic acids is 1. The maximum Gasteiger partial charge on any atom is 0.306 e. The zero-order chi connectivity index (χ0) is 11.5. The van der Waals surface area contributed by atoms with Gasteiger partial charge in [-0.1, -0.05) is 0 Å². The third-order valence-corrected chi connectivity index (χ3v) is 3.32. The summed E-state index contributed by atoms with van der Waals surface area (Å²) >= 11 is 0. The lowest BCUT2D eigenvalue weighted by molar-refractivity contribution is -0.142. The van der Waals surface area contributed by atoms with E-state index in [2.05, 4.69) is 9.97 Å². The summed E-state index contributed by atoms with van der Waals surface area (Å²) in [6.07, 6.45) is 4.97. The van der Waals surface area contributed by atoms with Gasteiger partial charge in [-0.3, -0.25) is 4.79 Å². The minimum Gasteiger partial charge on any atom is -0.481 e. The normalized spacial score (nSPS) is 25.3. The quantitative estimate of drug-likeness (QED) is 0.829. The van der Waals surface area contributed by atoms with Crippen LogP contribution in [0, 0.1) is 12.8 Å². The number of carbonyl (C=O) groups is 1. The van der Waals surface area contributed by atoms with Crippen LogP contribution in [0.1, 0.15) is 43.0 Å². The van der Waals surface area contributed by atoms with Crippen molar-refractivity contribution in [3.05, 3.63) is 23.8 Å². The van der Waals surface area contributed by atoms with Crippen LogP contribution in [0.25, 0.3) is 0 Å². The van der Waals surface area contributed by atoms with Crippen LogP contribution in [0.4, 0.5) is 0 Å². The molecule has 0 saturated heterocycles. The zero-order valence-corrected chi connectivity index (χ0v) is 9.39. The van der Waals surface area contributed by atoms with Gasteiger partial charge in [0.2, 0.25) is 0 Å². The molecule has 4 nitrogen and oxygen atoms in total. The topological polar surface area (TPSA) is 63.1 Å². The van der Waals surface area contributed by atoms with Gasteiger partial charge < -0.3 is 5.11 Å². The summed E-state index contributed by atoms with van der Waals surface area (Å²) < 4.78 is 0. The van der Waals surface area contributed by atoms with Crippen molar-refractivity contribution in [1.82, 2.24) is 9.97 Å². The van der Waals surface area contributed by atoms with Gasteiger partial charge in [0.15, 0.2) is 0 Å². The van der Waals surface area contributed by atoms with Crippen molar-refractivity contribution in [3.8, 4) is 0 Å². The standard InChI is InChI=1S/C12H16N2O2/c1-8-6-11(14-7-13-8)9-2-4-10(5-3-9)12(15)16/h6-7,9-10H,2-5H2,1H3,(H,15,16). The fraction of sp³-hybridized carbons (Fsp3) is 0.583. The fourth-order valence-electron chi connectivity index (χ4n) is 2.33. The molecule has 0 atom stereocenters. The van der Waals surface area contributed by atoms with Gasteiger partial charge in [-0.25, -0.2) is 9.97 Å². The summed E-state index contributed by atoms with van der Waals surface area (Å²) in [5, 5.41) is 8.91. The Labute approximate surface area is 94.7 Å². The predicted octanol–water partition coefficient (Wildman–Crippen LogP) is 2.14. The second-order valence-corrected chi connectivity index (χ2v) is 4.47. The second-order valence-electron chi connectivity index (χ2n) is 4.47. The molecule has 0 radical (unpaired) electrons. The van der Waals surface area contributed by atoms with Crippen LogP contribution in [-0.4, -0.2) is 21.0 Å². The molecular weight excluding hydrogens is 204 g/mol. The lowest BCUT2D eigenvalue weighted by Crippen LogP contribution is -2.21. The molecule has 0 aromatic carbocycles. The van der Waals surface area contributed by atoms with E-state index in [-0.39, 0.29) is 5.92 Å². The van der Waals surface area contributed by atoms with Gasteiger partial charge in [-0.2, -0.15) is 0 Å². The van der Waals surface area contributed by atoms with Crippen molar-refractivity contribution < 1.29 is 9.90 Å². The van der Waals surface area contributed by atoms with E-state index in [0.29, 0.717) is 5.92 Å². The number of carboxylic acid groups (broad SMARTS) is 1. The summed E-state index contributed by atoms with van der Waals surface area (Å²) in [6, 6.07) is 2.01. The monoisotopic (exact) mass is 220 g/mol. The first kappa shape index (κ1) is 11.0. The third-order valence-electron chi connectivity index (χ3n) is 3.32. The Kier molecular flexibility index (Phi) is 3.17. The van der Waals surface area contributed by atoms with Crippen molar-refractivity contribution in [3.63, 3.8) is 0 Å². The number of rotatable bonds is 2. The Balaban J connectivity index is 2.01. The molecular formula is C12H16N2O2. The van der Waals surface area contributed by atoms with Crippen LogP contribution < -0.4 is 0 Å². The van der Waals surface area contributed by atoms with E-state index in [1.165, 1.54) is 0 Å². The molecule has 2 rings (SSSR count). The first-order valence-corrected chi connectivity index (χ1v) is 5.68. The lowest BCUT2D eigenvalue weighted by Gasteiger charge is -2.25. The van der Waals surface area contributed by atoms with Crippen molar-refractivity contribution >= 4 is 5.97 Å². The molecule has 1 aromatic rings. The third kappa shape index (κ3) is 2.38. The highest BCUT2D eigenvalue weighted by molar-refractivity contribution is 5.70. The van der Waals surface area contributed by atoms with Gasteiger partial charge in [-0.15, -0.1) is 0 Å². The molecule has 1 fully saturated rings. The Morgan fingerprint density at radius 3 is 2.56 bits per heavy atom. The summed E-state index contributed by atoms with van der Waals surface area (Å²) in [7, 11) is 0. The van der Waals surface area contributed by atoms with E-state index in [9.17, 15) is 4.79 Å². The number of nitrogens with zero attached hydrogens (tertiary/aromatic N) is 2. The number of aromatic nitrogens is 2.